The van der Waals surface area contributed by atoms with Gasteiger partial charge in [-0.15, -0.1) is 0 Å². The average molecular weight is 367 g/mol. The van der Waals surface area contributed by atoms with Crippen LogP contribution in [0.5, 0.6) is 0 Å². The van der Waals surface area contributed by atoms with E-state index in [1.165, 1.54) is 48.7 Å². The van der Waals surface area contributed by atoms with Crippen molar-refractivity contribution in [2.45, 2.75) is 44.9 Å². The van der Waals surface area contributed by atoms with Crippen molar-refractivity contribution >= 4 is 16.7 Å². The molecule has 27 heavy (non-hydrogen) atoms. The summed E-state index contributed by atoms with van der Waals surface area (Å²) < 4.78 is 0. The molecular formula is C23H34N4. The molecule has 0 radical (unpaired) electrons. The molecule has 4 nitrogen and oxygen atoms in total. The summed E-state index contributed by atoms with van der Waals surface area (Å²) in [6.07, 6.45) is 5.06. The summed E-state index contributed by atoms with van der Waals surface area (Å²) in [4.78, 5) is 7.13. The van der Waals surface area contributed by atoms with E-state index in [2.05, 4.69) is 66.2 Å². The number of likely N-dealkylation sites (tertiary alicyclic amines) is 1. The predicted molar refractivity (Wildman–Crippen MR) is 116 cm³/mol. The molecule has 0 saturated carbocycles. The number of guanidine groups is 1. The lowest BCUT2D eigenvalue weighted by Gasteiger charge is -2.40. The summed E-state index contributed by atoms with van der Waals surface area (Å²) in [6.45, 7) is 8.77. The van der Waals surface area contributed by atoms with Gasteiger partial charge in [0.15, 0.2) is 5.96 Å². The number of benzene rings is 2. The van der Waals surface area contributed by atoms with Crippen LogP contribution in [-0.4, -0.2) is 37.0 Å². The molecule has 1 aliphatic rings. The van der Waals surface area contributed by atoms with Crippen LogP contribution < -0.4 is 11.5 Å². The van der Waals surface area contributed by atoms with Crippen molar-refractivity contribution in [2.75, 3.05) is 26.2 Å². The Hall–Kier alpha value is -2.07. The molecule has 1 fully saturated rings. The van der Waals surface area contributed by atoms with Crippen LogP contribution in [0.2, 0.25) is 0 Å². The van der Waals surface area contributed by atoms with E-state index in [1.807, 2.05) is 0 Å². The maximum Gasteiger partial charge on any atom is 0.185 e. The first-order chi connectivity index (χ1) is 13.0. The van der Waals surface area contributed by atoms with Crippen LogP contribution in [0.25, 0.3) is 10.8 Å². The highest BCUT2D eigenvalue weighted by Gasteiger charge is 2.37. The van der Waals surface area contributed by atoms with Gasteiger partial charge in [-0.3, -0.25) is 4.99 Å². The van der Waals surface area contributed by atoms with Gasteiger partial charge in [0.1, 0.15) is 0 Å². The minimum absolute atomic E-state index is 0.0811. The van der Waals surface area contributed by atoms with Crippen molar-refractivity contribution in [2.24, 2.45) is 22.4 Å². The van der Waals surface area contributed by atoms with Crippen molar-refractivity contribution < 1.29 is 0 Å². The third-order valence-corrected chi connectivity index (χ3v) is 6.30. The zero-order chi connectivity index (χ0) is 19.3. The first kappa shape index (κ1) is 19.7. The van der Waals surface area contributed by atoms with Gasteiger partial charge in [-0.1, -0.05) is 62.7 Å². The maximum atomic E-state index is 5.75. The lowest BCUT2D eigenvalue weighted by atomic mass is 9.68. The minimum atomic E-state index is -0.0811. The van der Waals surface area contributed by atoms with Gasteiger partial charge in [0.2, 0.25) is 0 Å². The fourth-order valence-corrected chi connectivity index (χ4v) is 4.51. The molecule has 2 aromatic carbocycles. The summed E-state index contributed by atoms with van der Waals surface area (Å²) >= 11 is 0. The summed E-state index contributed by atoms with van der Waals surface area (Å²) in [5.41, 5.74) is 12.8. The van der Waals surface area contributed by atoms with Crippen molar-refractivity contribution in [3.63, 3.8) is 0 Å². The lowest BCUT2D eigenvalue weighted by Crippen LogP contribution is -2.42. The second-order valence-electron chi connectivity index (χ2n) is 8.23. The van der Waals surface area contributed by atoms with E-state index in [-0.39, 0.29) is 11.4 Å². The number of piperidine rings is 1. The van der Waals surface area contributed by atoms with Crippen LogP contribution in [0.1, 0.15) is 45.1 Å². The Balaban J connectivity index is 2.02. The van der Waals surface area contributed by atoms with E-state index in [0.717, 1.165) is 13.0 Å². The van der Waals surface area contributed by atoms with Gasteiger partial charge in [-0.25, -0.2) is 0 Å². The molecule has 3 rings (SSSR count). The number of nitrogens with zero attached hydrogens (tertiary/aromatic N) is 2. The highest BCUT2D eigenvalue weighted by molar-refractivity contribution is 5.87. The maximum absolute atomic E-state index is 5.75. The molecule has 4 N–H and O–H groups in total. The molecule has 0 spiro atoms. The van der Waals surface area contributed by atoms with Crippen LogP contribution in [0.3, 0.4) is 0 Å². The quantitative estimate of drug-likeness (QED) is 0.577. The Labute approximate surface area is 163 Å². The molecule has 0 amide bonds. The number of rotatable bonds is 7. The highest BCUT2D eigenvalue weighted by atomic mass is 15.1. The van der Waals surface area contributed by atoms with Crippen LogP contribution in [0, 0.1) is 5.92 Å². The van der Waals surface area contributed by atoms with E-state index in [0.29, 0.717) is 12.5 Å². The van der Waals surface area contributed by atoms with E-state index in [9.17, 15) is 0 Å². The largest absolute Gasteiger partial charge is 0.370 e. The van der Waals surface area contributed by atoms with E-state index in [4.69, 9.17) is 11.5 Å². The Morgan fingerprint density at radius 2 is 1.74 bits per heavy atom. The third kappa shape index (κ3) is 4.44. The monoisotopic (exact) mass is 366 g/mol. The molecular weight excluding hydrogens is 332 g/mol. The number of hydrogen-bond acceptors (Lipinski definition) is 2. The van der Waals surface area contributed by atoms with Crippen molar-refractivity contribution in [1.29, 1.82) is 0 Å². The van der Waals surface area contributed by atoms with E-state index in [1.54, 1.807) is 0 Å². The second-order valence-corrected chi connectivity index (χ2v) is 8.23. The zero-order valence-corrected chi connectivity index (χ0v) is 16.8. The van der Waals surface area contributed by atoms with Crippen LogP contribution in [-0.2, 0) is 5.41 Å². The summed E-state index contributed by atoms with van der Waals surface area (Å²) in [5, 5.41) is 2.60. The summed E-state index contributed by atoms with van der Waals surface area (Å²) in [5.74, 6) is 0.606. The van der Waals surface area contributed by atoms with Gasteiger partial charge in [0, 0.05) is 5.41 Å². The first-order valence-electron chi connectivity index (χ1n) is 10.3. The average Bonchev–Trinajstić information content (AvgIpc) is 2.68. The number of nitrogens with two attached hydrogens (primary N) is 2. The predicted octanol–water partition coefficient (Wildman–Crippen LogP) is 3.88. The molecule has 1 heterocycles. The van der Waals surface area contributed by atoms with Gasteiger partial charge in [0.25, 0.3) is 0 Å². The van der Waals surface area contributed by atoms with E-state index < -0.39 is 0 Å². The standard InChI is InChI=1S/C23H34N4/c1-18(2)23(17-26-22(24)25,13-16-27-14-6-3-7-15-27)21-12-8-10-19-9-4-5-11-20(19)21/h4-5,8-12,18H,3,6-7,13-17H2,1-2H3,(H4,24,25,26). The van der Waals surface area contributed by atoms with Gasteiger partial charge in [-0.2, -0.15) is 0 Å². The highest BCUT2D eigenvalue weighted by Crippen LogP contribution is 2.40. The summed E-state index contributed by atoms with van der Waals surface area (Å²) in [7, 11) is 0. The Morgan fingerprint density at radius 1 is 1.04 bits per heavy atom. The molecule has 4 heteroatoms. The molecule has 2 aromatic rings. The fraction of sp³-hybridized carbons (Fsp3) is 0.522. The van der Waals surface area contributed by atoms with Crippen LogP contribution >= 0.6 is 0 Å². The third-order valence-electron chi connectivity index (χ3n) is 6.30. The van der Waals surface area contributed by atoms with Crippen LogP contribution in [0.15, 0.2) is 47.5 Å². The lowest BCUT2D eigenvalue weighted by molar-refractivity contribution is 0.186. The molecule has 146 valence electrons. The van der Waals surface area contributed by atoms with Gasteiger partial charge in [-0.05, 0) is 61.2 Å². The Morgan fingerprint density at radius 3 is 2.44 bits per heavy atom. The number of aliphatic imine (C=N–C) groups is 1. The van der Waals surface area contributed by atoms with E-state index >= 15 is 0 Å². The first-order valence-corrected chi connectivity index (χ1v) is 10.3. The van der Waals surface area contributed by atoms with Crippen molar-refractivity contribution in [3.05, 3.63) is 48.0 Å². The van der Waals surface area contributed by atoms with Gasteiger partial charge >= 0.3 is 0 Å². The van der Waals surface area contributed by atoms with Crippen molar-refractivity contribution in [1.82, 2.24) is 4.90 Å². The molecule has 1 atom stereocenters. The molecule has 1 aliphatic heterocycles. The smallest absolute Gasteiger partial charge is 0.185 e. The minimum Gasteiger partial charge on any atom is -0.370 e. The Kier molecular flexibility index (Phi) is 6.38. The molecule has 1 saturated heterocycles. The Bertz CT molecular complexity index is 768. The van der Waals surface area contributed by atoms with Crippen molar-refractivity contribution in [3.8, 4) is 0 Å². The summed E-state index contributed by atoms with van der Waals surface area (Å²) in [6, 6.07) is 15.3. The SMILES string of the molecule is CC(C)C(CCN1CCCCC1)(CN=C(N)N)c1cccc2ccccc12. The number of hydrogen-bond donors (Lipinski definition) is 2. The zero-order valence-electron chi connectivity index (χ0n) is 16.8. The normalized spacial score (nSPS) is 17.7. The van der Waals surface area contributed by atoms with Gasteiger partial charge < -0.3 is 16.4 Å². The molecule has 1 unspecified atom stereocenters. The second kappa shape index (κ2) is 8.75. The fourth-order valence-electron chi connectivity index (χ4n) is 4.51. The number of fused-ring (bicyclic) bond motifs is 1. The molecule has 0 bridgehead atoms. The molecule has 0 aromatic heterocycles. The topological polar surface area (TPSA) is 67.6 Å². The van der Waals surface area contributed by atoms with Gasteiger partial charge in [0.05, 0.1) is 6.54 Å². The van der Waals surface area contributed by atoms with Crippen LogP contribution in [0.4, 0.5) is 0 Å². The molecule has 0 aliphatic carbocycles.